The lowest BCUT2D eigenvalue weighted by Crippen LogP contribution is -2.05. The summed E-state index contributed by atoms with van der Waals surface area (Å²) in [4.78, 5) is 4.27. The van der Waals surface area contributed by atoms with Crippen LogP contribution in [-0.4, -0.2) is 22.6 Å². The highest BCUT2D eigenvalue weighted by molar-refractivity contribution is 6.30. The van der Waals surface area contributed by atoms with E-state index in [0.29, 0.717) is 16.4 Å². The van der Waals surface area contributed by atoms with Gasteiger partial charge in [-0.1, -0.05) is 11.6 Å². The van der Waals surface area contributed by atoms with Crippen LogP contribution in [0.25, 0.3) is 16.9 Å². The van der Waals surface area contributed by atoms with Crippen molar-refractivity contribution in [1.82, 2.24) is 9.38 Å². The molecule has 2 heterocycles. The number of pyridine rings is 1. The number of ether oxygens (including phenoxy) is 2. The molecule has 0 saturated heterocycles. The number of hydrogen-bond acceptors (Lipinski definition) is 3. The zero-order valence-electron chi connectivity index (χ0n) is 11.8. The van der Waals surface area contributed by atoms with Crippen LogP contribution < -0.4 is 9.47 Å². The smallest absolute Gasteiger partial charge is 0.387 e. The highest BCUT2D eigenvalue weighted by Crippen LogP contribution is 2.34. The van der Waals surface area contributed by atoms with E-state index in [1.165, 1.54) is 12.1 Å². The second-order valence-corrected chi connectivity index (χ2v) is 5.09. The molecule has 1 aromatic carbocycles. The maximum atomic E-state index is 12.6. The Bertz CT molecular complexity index is 870. The Morgan fingerprint density at radius 2 is 1.71 bits per heavy atom. The van der Waals surface area contributed by atoms with Crippen LogP contribution in [0.4, 0.5) is 17.6 Å². The van der Waals surface area contributed by atoms with Crippen molar-refractivity contribution in [3.63, 3.8) is 0 Å². The maximum Gasteiger partial charge on any atom is 0.387 e. The van der Waals surface area contributed by atoms with Gasteiger partial charge in [-0.3, -0.25) is 0 Å². The lowest BCUT2D eigenvalue weighted by molar-refractivity contribution is -0.0540. The first-order valence-corrected chi connectivity index (χ1v) is 6.98. The summed E-state index contributed by atoms with van der Waals surface area (Å²) in [6.07, 6.45) is 3.15. The number of fused-ring (bicyclic) bond motifs is 1. The van der Waals surface area contributed by atoms with Crippen LogP contribution in [0.5, 0.6) is 11.5 Å². The fourth-order valence-corrected chi connectivity index (χ4v) is 2.35. The van der Waals surface area contributed by atoms with E-state index < -0.39 is 13.2 Å². The standard InChI is InChI=1S/C15H9ClF4N2O2/c16-8-1-4-13-21-11(7-22(13)6-8)10-3-2-9(23-14(17)18)5-12(10)24-15(19)20/h1-7,14-15H. The summed E-state index contributed by atoms with van der Waals surface area (Å²) < 4.78 is 60.0. The van der Waals surface area contributed by atoms with Crippen molar-refractivity contribution in [2.75, 3.05) is 0 Å². The van der Waals surface area contributed by atoms with Crippen molar-refractivity contribution >= 4 is 17.2 Å². The monoisotopic (exact) mass is 360 g/mol. The molecule has 0 atom stereocenters. The third kappa shape index (κ3) is 3.53. The zero-order valence-corrected chi connectivity index (χ0v) is 12.6. The van der Waals surface area contributed by atoms with E-state index in [1.807, 2.05) is 0 Å². The molecule has 0 aliphatic rings. The van der Waals surface area contributed by atoms with Crippen LogP contribution in [0.1, 0.15) is 0 Å². The van der Waals surface area contributed by atoms with Crippen LogP contribution in [0.15, 0.2) is 42.7 Å². The molecule has 2 aromatic heterocycles. The average molecular weight is 361 g/mol. The van der Waals surface area contributed by atoms with Gasteiger partial charge in [0.2, 0.25) is 0 Å². The van der Waals surface area contributed by atoms with E-state index in [9.17, 15) is 17.6 Å². The van der Waals surface area contributed by atoms with E-state index in [-0.39, 0.29) is 17.1 Å². The Morgan fingerprint density at radius 3 is 2.42 bits per heavy atom. The Kier molecular flexibility index (Phi) is 4.48. The molecule has 0 amide bonds. The van der Waals surface area contributed by atoms with Gasteiger partial charge in [0.05, 0.1) is 10.7 Å². The van der Waals surface area contributed by atoms with Crippen LogP contribution in [0.3, 0.4) is 0 Å². The third-order valence-corrected chi connectivity index (χ3v) is 3.31. The quantitative estimate of drug-likeness (QED) is 0.610. The summed E-state index contributed by atoms with van der Waals surface area (Å²) in [5.41, 5.74) is 1.05. The second-order valence-electron chi connectivity index (χ2n) is 4.65. The molecule has 9 heteroatoms. The summed E-state index contributed by atoms with van der Waals surface area (Å²) in [5.74, 6) is -0.617. The minimum atomic E-state index is -3.13. The number of imidazole rings is 1. The van der Waals surface area contributed by atoms with Gasteiger partial charge in [0.15, 0.2) is 0 Å². The van der Waals surface area contributed by atoms with Crippen LogP contribution >= 0.6 is 11.6 Å². The molecule has 3 aromatic rings. The van der Waals surface area contributed by atoms with Gasteiger partial charge >= 0.3 is 13.2 Å². The fraction of sp³-hybridized carbons (Fsp3) is 0.133. The Balaban J connectivity index is 2.06. The Morgan fingerprint density at radius 1 is 0.958 bits per heavy atom. The van der Waals surface area contributed by atoms with Gasteiger partial charge in [-0.15, -0.1) is 0 Å². The predicted octanol–water partition coefficient (Wildman–Crippen LogP) is 4.86. The topological polar surface area (TPSA) is 35.8 Å². The number of alkyl halides is 4. The van der Waals surface area contributed by atoms with E-state index in [1.54, 1.807) is 28.9 Å². The number of benzene rings is 1. The SMILES string of the molecule is FC(F)Oc1ccc(-c2cn3cc(Cl)ccc3n2)c(OC(F)F)c1. The highest BCUT2D eigenvalue weighted by atomic mass is 35.5. The number of hydrogen-bond donors (Lipinski definition) is 0. The van der Waals surface area contributed by atoms with Crippen LogP contribution in [0.2, 0.25) is 5.02 Å². The van der Waals surface area contributed by atoms with Gasteiger partial charge in [-0.05, 0) is 24.3 Å². The van der Waals surface area contributed by atoms with Gasteiger partial charge in [0.25, 0.3) is 0 Å². The lowest BCUT2D eigenvalue weighted by Gasteiger charge is -2.11. The van der Waals surface area contributed by atoms with E-state index in [4.69, 9.17) is 11.6 Å². The first-order valence-electron chi connectivity index (χ1n) is 6.60. The van der Waals surface area contributed by atoms with Crippen molar-refractivity contribution in [2.24, 2.45) is 0 Å². The Labute approximate surface area is 138 Å². The normalized spacial score (nSPS) is 11.5. The summed E-state index contributed by atoms with van der Waals surface area (Å²) in [6.45, 7) is -6.20. The van der Waals surface area contributed by atoms with Crippen LogP contribution in [0, 0.1) is 0 Å². The van der Waals surface area contributed by atoms with E-state index in [2.05, 4.69) is 14.5 Å². The molecule has 0 spiro atoms. The molecule has 3 rings (SSSR count). The first kappa shape index (κ1) is 16.4. The Hall–Kier alpha value is -2.48. The molecule has 24 heavy (non-hydrogen) atoms. The minimum Gasteiger partial charge on any atom is -0.435 e. The number of halogens is 5. The van der Waals surface area contributed by atoms with E-state index >= 15 is 0 Å². The lowest BCUT2D eigenvalue weighted by atomic mass is 10.1. The van der Waals surface area contributed by atoms with Crippen molar-refractivity contribution in [3.05, 3.63) is 47.7 Å². The van der Waals surface area contributed by atoms with Crippen LogP contribution in [-0.2, 0) is 0 Å². The van der Waals surface area contributed by atoms with Gasteiger partial charge < -0.3 is 13.9 Å². The summed E-state index contributed by atoms with van der Waals surface area (Å²) in [7, 11) is 0. The molecule has 0 radical (unpaired) electrons. The van der Waals surface area contributed by atoms with E-state index in [0.717, 1.165) is 6.07 Å². The summed E-state index contributed by atoms with van der Waals surface area (Å²) >= 11 is 5.88. The molecule has 126 valence electrons. The number of rotatable bonds is 5. The fourth-order valence-electron chi connectivity index (χ4n) is 2.18. The average Bonchev–Trinajstić information content (AvgIpc) is 2.88. The van der Waals surface area contributed by atoms with Gasteiger partial charge in [0.1, 0.15) is 17.1 Å². The summed E-state index contributed by atoms with van der Waals surface area (Å²) in [5, 5.41) is 0.469. The largest absolute Gasteiger partial charge is 0.435 e. The molecule has 0 aliphatic carbocycles. The molecular formula is C15H9ClF4N2O2. The first-order chi connectivity index (χ1) is 11.4. The third-order valence-electron chi connectivity index (χ3n) is 3.09. The molecular weight excluding hydrogens is 352 g/mol. The molecule has 0 N–H and O–H groups in total. The molecule has 0 saturated carbocycles. The number of nitrogens with zero attached hydrogens (tertiary/aromatic N) is 2. The van der Waals surface area contributed by atoms with Gasteiger partial charge in [-0.25, -0.2) is 4.98 Å². The molecule has 0 aliphatic heterocycles. The predicted molar refractivity (Wildman–Crippen MR) is 78.9 cm³/mol. The van der Waals surface area contributed by atoms with Crippen molar-refractivity contribution < 1.29 is 27.0 Å². The van der Waals surface area contributed by atoms with Crippen molar-refractivity contribution in [1.29, 1.82) is 0 Å². The second kappa shape index (κ2) is 6.56. The molecule has 0 unspecified atom stereocenters. The molecule has 0 fully saturated rings. The van der Waals surface area contributed by atoms with Crippen molar-refractivity contribution in [3.8, 4) is 22.8 Å². The maximum absolute atomic E-state index is 12.6. The summed E-state index contributed by atoms with van der Waals surface area (Å²) in [6, 6.07) is 6.78. The molecule has 4 nitrogen and oxygen atoms in total. The van der Waals surface area contributed by atoms with Gasteiger partial charge in [-0.2, -0.15) is 17.6 Å². The van der Waals surface area contributed by atoms with Crippen molar-refractivity contribution in [2.45, 2.75) is 13.2 Å². The zero-order chi connectivity index (χ0) is 17.3. The minimum absolute atomic E-state index is 0.205. The molecule has 0 bridgehead atoms. The van der Waals surface area contributed by atoms with Gasteiger partial charge in [0, 0.05) is 24.0 Å². The number of aromatic nitrogens is 2. The highest BCUT2D eigenvalue weighted by Gasteiger charge is 2.16.